The topological polar surface area (TPSA) is 92.9 Å². The molecule has 2 rings (SSSR count). The van der Waals surface area contributed by atoms with Crippen LogP contribution in [0.5, 0.6) is 5.75 Å². The fraction of sp³-hybridized carbons (Fsp3) is 0.211. The van der Waals surface area contributed by atoms with Crippen LogP contribution in [0.4, 0.5) is 20.6 Å². The third-order valence-electron chi connectivity index (χ3n) is 3.74. The zero-order chi connectivity index (χ0) is 19.8. The van der Waals surface area contributed by atoms with E-state index in [-0.39, 0.29) is 18.0 Å². The number of hydrogen-bond acceptors (Lipinski definition) is 4. The normalized spacial score (nSPS) is 10.7. The summed E-state index contributed by atoms with van der Waals surface area (Å²) in [6.07, 6.45) is 2.49. The molecule has 0 aliphatic rings. The summed E-state index contributed by atoms with van der Waals surface area (Å²) in [5, 5.41) is 20.1. The molecule has 0 spiro atoms. The molecule has 0 fully saturated rings. The maximum Gasteiger partial charge on any atom is 0.411 e. The number of rotatable bonds is 8. The third-order valence-corrected chi connectivity index (χ3v) is 3.74. The van der Waals surface area contributed by atoms with Gasteiger partial charge >= 0.3 is 11.8 Å². The highest BCUT2D eigenvalue weighted by atomic mass is 19.1. The van der Waals surface area contributed by atoms with Crippen molar-refractivity contribution in [2.24, 2.45) is 0 Å². The molecule has 0 bridgehead atoms. The highest BCUT2D eigenvalue weighted by Crippen LogP contribution is 2.29. The number of nitro groups is 1. The van der Waals surface area contributed by atoms with Gasteiger partial charge in [-0.2, -0.15) is 0 Å². The summed E-state index contributed by atoms with van der Waals surface area (Å²) in [5.41, 5.74) is 1.82. The van der Waals surface area contributed by atoms with Gasteiger partial charge in [-0.05, 0) is 42.3 Å². The molecule has 142 valence electrons. The minimum Gasteiger partial charge on any atom is -0.484 e. The van der Waals surface area contributed by atoms with Gasteiger partial charge in [0.25, 0.3) is 0 Å². The van der Waals surface area contributed by atoms with E-state index in [4.69, 9.17) is 9.84 Å². The fourth-order valence-corrected chi connectivity index (χ4v) is 2.44. The molecular weight excluding hydrogens is 355 g/mol. The van der Waals surface area contributed by atoms with Crippen LogP contribution < -0.4 is 9.64 Å². The summed E-state index contributed by atoms with van der Waals surface area (Å²) in [6.45, 7) is 1.09. The van der Waals surface area contributed by atoms with Crippen molar-refractivity contribution >= 4 is 29.6 Å². The summed E-state index contributed by atoms with van der Waals surface area (Å²) in [7, 11) is 0. The lowest BCUT2D eigenvalue weighted by Crippen LogP contribution is -2.28. The first-order valence-corrected chi connectivity index (χ1v) is 8.22. The Labute approximate surface area is 155 Å². The van der Waals surface area contributed by atoms with Crippen molar-refractivity contribution in [3.05, 3.63) is 63.7 Å². The van der Waals surface area contributed by atoms with Gasteiger partial charge in [-0.25, -0.2) is 9.18 Å². The number of carbonyl (C=O) groups is 1. The van der Waals surface area contributed by atoms with Crippen molar-refractivity contribution in [3.8, 4) is 5.75 Å². The first-order valence-electron chi connectivity index (χ1n) is 8.22. The molecule has 0 aromatic heterocycles. The van der Waals surface area contributed by atoms with Crippen LogP contribution in [0.3, 0.4) is 0 Å². The molecule has 1 N–H and O–H groups in total. The quantitative estimate of drug-likeness (QED) is 0.413. The minimum absolute atomic E-state index is 0.00944. The molecule has 7 nitrogen and oxygen atoms in total. The van der Waals surface area contributed by atoms with Gasteiger partial charge in [0.15, 0.2) is 5.75 Å². The van der Waals surface area contributed by atoms with Crippen LogP contribution in [-0.4, -0.2) is 35.9 Å². The molecule has 0 atom stereocenters. The fourth-order valence-electron chi connectivity index (χ4n) is 2.44. The van der Waals surface area contributed by atoms with Gasteiger partial charge < -0.3 is 9.84 Å². The number of benzene rings is 2. The van der Waals surface area contributed by atoms with Crippen molar-refractivity contribution in [3.63, 3.8) is 0 Å². The number of nitrogens with zero attached hydrogens (tertiary/aromatic N) is 2. The number of ether oxygens (including phenoxy) is 1. The van der Waals surface area contributed by atoms with E-state index >= 15 is 0 Å². The van der Waals surface area contributed by atoms with Crippen LogP contribution >= 0.6 is 0 Å². The Hall–Kier alpha value is -3.42. The first kappa shape index (κ1) is 19.9. The summed E-state index contributed by atoms with van der Waals surface area (Å²) in [6, 6.07) is 11.3. The number of halogens is 1. The Kier molecular flexibility index (Phi) is 6.87. The van der Waals surface area contributed by atoms with Crippen molar-refractivity contribution in [2.75, 3.05) is 24.7 Å². The van der Waals surface area contributed by atoms with Crippen molar-refractivity contribution in [1.82, 2.24) is 0 Å². The zero-order valence-corrected chi connectivity index (χ0v) is 14.7. The van der Waals surface area contributed by atoms with Crippen LogP contribution in [-0.2, 0) is 0 Å². The average molecular weight is 374 g/mol. The number of hydrogen-bond donors (Lipinski definition) is 1. The molecule has 0 saturated heterocycles. The number of anilines is 1. The van der Waals surface area contributed by atoms with Gasteiger partial charge in [0.1, 0.15) is 13.3 Å². The van der Waals surface area contributed by atoms with Gasteiger partial charge in [0.05, 0.1) is 4.92 Å². The van der Waals surface area contributed by atoms with Crippen molar-refractivity contribution < 1.29 is 24.0 Å². The second-order valence-corrected chi connectivity index (χ2v) is 5.47. The molecule has 0 saturated carbocycles. The lowest BCUT2D eigenvalue weighted by Gasteiger charge is -2.16. The lowest BCUT2D eigenvalue weighted by atomic mass is 10.1. The standard InChI is InChI=1S/C19H19FN2O5/c1-2-21(19(23)24)16-8-5-14(6-9-16)3-4-15-7-10-17(22(25)26)18(13-15)27-12-11-20/h3-10,13H,2,11-12H2,1H3,(H,23,24). The Morgan fingerprint density at radius 1 is 1.22 bits per heavy atom. The van der Waals surface area contributed by atoms with E-state index in [1.807, 2.05) is 0 Å². The predicted octanol–water partition coefficient (Wildman–Crippen LogP) is 4.62. The molecule has 0 radical (unpaired) electrons. The van der Waals surface area contributed by atoms with E-state index < -0.39 is 17.7 Å². The second-order valence-electron chi connectivity index (χ2n) is 5.47. The summed E-state index contributed by atoms with van der Waals surface area (Å²) in [5.74, 6) is 0.00944. The average Bonchev–Trinajstić information content (AvgIpc) is 2.65. The first-order chi connectivity index (χ1) is 13.0. The summed E-state index contributed by atoms with van der Waals surface area (Å²) >= 11 is 0. The zero-order valence-electron chi connectivity index (χ0n) is 14.7. The van der Waals surface area contributed by atoms with Crippen LogP contribution in [0, 0.1) is 10.1 Å². The van der Waals surface area contributed by atoms with E-state index in [1.165, 1.54) is 17.0 Å². The number of carboxylic acid groups (broad SMARTS) is 1. The number of amides is 1. The predicted molar refractivity (Wildman–Crippen MR) is 101 cm³/mol. The van der Waals surface area contributed by atoms with Gasteiger partial charge in [-0.3, -0.25) is 15.0 Å². The third kappa shape index (κ3) is 5.27. The monoisotopic (exact) mass is 374 g/mol. The number of alkyl halides is 1. The second kappa shape index (κ2) is 9.33. The number of nitro benzene ring substituents is 1. The molecule has 2 aromatic carbocycles. The van der Waals surface area contributed by atoms with E-state index in [2.05, 4.69) is 0 Å². The van der Waals surface area contributed by atoms with Crippen LogP contribution in [0.2, 0.25) is 0 Å². The largest absolute Gasteiger partial charge is 0.484 e. The molecule has 0 heterocycles. The van der Waals surface area contributed by atoms with Gasteiger partial charge in [0.2, 0.25) is 0 Å². The Morgan fingerprint density at radius 2 is 1.85 bits per heavy atom. The smallest absolute Gasteiger partial charge is 0.411 e. The molecule has 2 aromatic rings. The minimum atomic E-state index is -1.02. The SMILES string of the molecule is CCN(C(=O)O)c1ccc(C=Cc2ccc([N+](=O)[O-])c(OCCF)c2)cc1. The summed E-state index contributed by atoms with van der Waals surface area (Å²) < 4.78 is 17.4. The van der Waals surface area contributed by atoms with E-state index in [1.54, 1.807) is 49.4 Å². The van der Waals surface area contributed by atoms with Gasteiger partial charge in [0, 0.05) is 18.3 Å². The maximum absolute atomic E-state index is 12.3. The lowest BCUT2D eigenvalue weighted by molar-refractivity contribution is -0.385. The molecule has 8 heteroatoms. The maximum atomic E-state index is 12.3. The van der Waals surface area contributed by atoms with Gasteiger partial charge in [-0.15, -0.1) is 0 Å². The molecular formula is C19H19FN2O5. The Balaban J connectivity index is 2.19. The van der Waals surface area contributed by atoms with Crippen LogP contribution in [0.25, 0.3) is 12.2 Å². The van der Waals surface area contributed by atoms with Crippen molar-refractivity contribution in [1.29, 1.82) is 0 Å². The van der Waals surface area contributed by atoms with E-state index in [0.717, 1.165) is 5.56 Å². The molecule has 0 aliphatic carbocycles. The molecule has 1 amide bonds. The Morgan fingerprint density at radius 3 is 2.41 bits per heavy atom. The van der Waals surface area contributed by atoms with Crippen LogP contribution in [0.1, 0.15) is 18.1 Å². The van der Waals surface area contributed by atoms with Gasteiger partial charge in [-0.1, -0.05) is 24.3 Å². The summed E-state index contributed by atoms with van der Waals surface area (Å²) in [4.78, 5) is 22.8. The van der Waals surface area contributed by atoms with E-state index in [0.29, 0.717) is 17.8 Å². The molecule has 0 aliphatic heterocycles. The molecule has 0 unspecified atom stereocenters. The van der Waals surface area contributed by atoms with E-state index in [9.17, 15) is 19.3 Å². The highest BCUT2D eigenvalue weighted by molar-refractivity contribution is 5.86. The molecule has 27 heavy (non-hydrogen) atoms. The highest BCUT2D eigenvalue weighted by Gasteiger charge is 2.15. The van der Waals surface area contributed by atoms with Crippen LogP contribution in [0.15, 0.2) is 42.5 Å². The van der Waals surface area contributed by atoms with Crippen molar-refractivity contribution in [2.45, 2.75) is 6.92 Å². The Bertz CT molecular complexity index is 836.